The third-order valence-corrected chi connectivity index (χ3v) is 4.39. The van der Waals surface area contributed by atoms with E-state index >= 15 is 0 Å². The van der Waals surface area contributed by atoms with Crippen LogP contribution in [0.3, 0.4) is 0 Å². The Kier molecular flexibility index (Phi) is 4.07. The van der Waals surface area contributed by atoms with Crippen LogP contribution in [-0.2, 0) is 6.42 Å². The quantitative estimate of drug-likeness (QED) is 0.773. The molecule has 0 radical (unpaired) electrons. The fourth-order valence-electron chi connectivity index (χ4n) is 2.88. The predicted molar refractivity (Wildman–Crippen MR) is 98.6 cm³/mol. The van der Waals surface area contributed by atoms with Crippen LogP contribution in [0, 0.1) is 0 Å². The zero-order valence-corrected chi connectivity index (χ0v) is 14.1. The Morgan fingerprint density at radius 1 is 1.04 bits per heavy atom. The molecule has 3 aromatic rings. The van der Waals surface area contributed by atoms with Gasteiger partial charge in [-0.2, -0.15) is 0 Å². The summed E-state index contributed by atoms with van der Waals surface area (Å²) in [6.07, 6.45) is 4.12. The smallest absolute Gasteiger partial charge is 0.275 e. The molecule has 1 aliphatic heterocycles. The van der Waals surface area contributed by atoms with Gasteiger partial charge in [-0.15, -0.1) is 0 Å². The molecule has 6 heteroatoms. The summed E-state index contributed by atoms with van der Waals surface area (Å²) < 4.78 is 0. The average Bonchev–Trinajstić information content (AvgIpc) is 3.08. The van der Waals surface area contributed by atoms with Crippen molar-refractivity contribution in [3.8, 4) is 0 Å². The lowest BCUT2D eigenvalue weighted by atomic mass is 10.2. The SMILES string of the molecule is O=C(Nc1ccc(Cl)cc1)c1cnc(N2CCc3ccccc32)cn1. The van der Waals surface area contributed by atoms with Gasteiger partial charge in [-0.05, 0) is 42.3 Å². The normalized spacial score (nSPS) is 12.8. The second-order valence-corrected chi connectivity index (χ2v) is 6.19. The molecule has 0 aliphatic carbocycles. The molecular weight excluding hydrogens is 336 g/mol. The molecule has 0 unspecified atom stereocenters. The topological polar surface area (TPSA) is 58.1 Å². The Balaban J connectivity index is 1.50. The highest BCUT2D eigenvalue weighted by atomic mass is 35.5. The molecule has 0 saturated carbocycles. The van der Waals surface area contributed by atoms with Crippen LogP contribution in [0.5, 0.6) is 0 Å². The van der Waals surface area contributed by atoms with Gasteiger partial charge >= 0.3 is 0 Å². The summed E-state index contributed by atoms with van der Waals surface area (Å²) in [6, 6.07) is 15.2. The van der Waals surface area contributed by atoms with Crippen molar-refractivity contribution in [2.24, 2.45) is 0 Å². The molecular formula is C19H15ClN4O. The van der Waals surface area contributed by atoms with Gasteiger partial charge in [0.05, 0.1) is 12.4 Å². The number of benzene rings is 2. The first-order valence-electron chi connectivity index (χ1n) is 7.95. The first kappa shape index (κ1) is 15.6. The van der Waals surface area contributed by atoms with Gasteiger partial charge in [0.25, 0.3) is 5.91 Å². The van der Waals surface area contributed by atoms with Crippen LogP contribution >= 0.6 is 11.6 Å². The molecule has 2 aromatic carbocycles. The van der Waals surface area contributed by atoms with Crippen molar-refractivity contribution in [2.45, 2.75) is 6.42 Å². The lowest BCUT2D eigenvalue weighted by Crippen LogP contribution is -2.18. The number of fused-ring (bicyclic) bond motifs is 1. The fraction of sp³-hybridized carbons (Fsp3) is 0.105. The Labute approximate surface area is 150 Å². The third kappa shape index (κ3) is 3.19. The van der Waals surface area contributed by atoms with E-state index in [0.717, 1.165) is 24.5 Å². The highest BCUT2D eigenvalue weighted by Crippen LogP contribution is 2.32. The van der Waals surface area contributed by atoms with Gasteiger partial charge in [-0.1, -0.05) is 29.8 Å². The molecule has 1 aromatic heterocycles. The van der Waals surface area contributed by atoms with Crippen molar-refractivity contribution in [3.63, 3.8) is 0 Å². The van der Waals surface area contributed by atoms with E-state index < -0.39 is 0 Å². The molecule has 2 heterocycles. The second-order valence-electron chi connectivity index (χ2n) is 5.75. The number of hydrogen-bond donors (Lipinski definition) is 1. The van der Waals surface area contributed by atoms with Gasteiger partial charge in [0, 0.05) is 22.9 Å². The lowest BCUT2D eigenvalue weighted by Gasteiger charge is -2.17. The van der Waals surface area contributed by atoms with Gasteiger partial charge < -0.3 is 10.2 Å². The number of para-hydroxylation sites is 1. The van der Waals surface area contributed by atoms with Crippen molar-refractivity contribution in [1.29, 1.82) is 0 Å². The van der Waals surface area contributed by atoms with Gasteiger partial charge in [-0.3, -0.25) is 4.79 Å². The van der Waals surface area contributed by atoms with Crippen molar-refractivity contribution < 1.29 is 4.79 Å². The molecule has 5 nitrogen and oxygen atoms in total. The number of anilines is 3. The van der Waals surface area contributed by atoms with Gasteiger partial charge in [0.15, 0.2) is 5.82 Å². The maximum absolute atomic E-state index is 12.3. The molecule has 1 amide bonds. The zero-order valence-electron chi connectivity index (χ0n) is 13.3. The maximum atomic E-state index is 12.3. The number of aromatic nitrogens is 2. The molecule has 1 N–H and O–H groups in total. The predicted octanol–water partition coefficient (Wildman–Crippen LogP) is 4.08. The lowest BCUT2D eigenvalue weighted by molar-refractivity contribution is 0.102. The summed E-state index contributed by atoms with van der Waals surface area (Å²) in [7, 11) is 0. The van der Waals surface area contributed by atoms with E-state index in [1.165, 1.54) is 11.8 Å². The van der Waals surface area contributed by atoms with Crippen LogP contribution in [0.15, 0.2) is 60.9 Å². The molecule has 1 aliphatic rings. The van der Waals surface area contributed by atoms with E-state index in [1.54, 1.807) is 30.5 Å². The Bertz CT molecular complexity index is 909. The fourth-order valence-corrected chi connectivity index (χ4v) is 3.01. The maximum Gasteiger partial charge on any atom is 0.275 e. The molecule has 0 spiro atoms. The first-order valence-corrected chi connectivity index (χ1v) is 8.33. The highest BCUT2D eigenvalue weighted by Gasteiger charge is 2.21. The number of hydrogen-bond acceptors (Lipinski definition) is 4. The second kappa shape index (κ2) is 6.53. The molecule has 124 valence electrons. The third-order valence-electron chi connectivity index (χ3n) is 4.14. The number of carbonyl (C=O) groups is 1. The van der Waals surface area contributed by atoms with E-state index in [9.17, 15) is 4.79 Å². The number of rotatable bonds is 3. The molecule has 0 fully saturated rings. The van der Waals surface area contributed by atoms with E-state index in [0.29, 0.717) is 10.7 Å². The molecule has 4 rings (SSSR count). The van der Waals surface area contributed by atoms with Crippen LogP contribution in [0.1, 0.15) is 16.1 Å². The van der Waals surface area contributed by atoms with Crippen molar-refractivity contribution in [1.82, 2.24) is 9.97 Å². The summed E-state index contributed by atoms with van der Waals surface area (Å²) >= 11 is 5.84. The van der Waals surface area contributed by atoms with Crippen LogP contribution < -0.4 is 10.2 Å². The summed E-state index contributed by atoms with van der Waals surface area (Å²) in [6.45, 7) is 0.865. The number of halogens is 1. The minimum Gasteiger partial charge on any atom is -0.325 e. The monoisotopic (exact) mass is 350 g/mol. The van der Waals surface area contributed by atoms with Gasteiger partial charge in [0.1, 0.15) is 5.69 Å². The summed E-state index contributed by atoms with van der Waals surface area (Å²) in [4.78, 5) is 23.1. The first-order chi connectivity index (χ1) is 12.2. The summed E-state index contributed by atoms with van der Waals surface area (Å²) in [5, 5.41) is 3.39. The number of nitrogens with one attached hydrogen (secondary N) is 1. The van der Waals surface area contributed by atoms with E-state index in [4.69, 9.17) is 11.6 Å². The summed E-state index contributed by atoms with van der Waals surface area (Å²) in [5.74, 6) is 0.441. The van der Waals surface area contributed by atoms with Crippen LogP contribution in [-0.4, -0.2) is 22.4 Å². The number of carbonyl (C=O) groups excluding carboxylic acids is 1. The van der Waals surface area contributed by atoms with Crippen molar-refractivity contribution >= 4 is 34.7 Å². The van der Waals surface area contributed by atoms with Crippen LogP contribution in [0.25, 0.3) is 0 Å². The zero-order chi connectivity index (χ0) is 17.2. The minimum absolute atomic E-state index is 0.270. The Morgan fingerprint density at radius 3 is 2.60 bits per heavy atom. The van der Waals surface area contributed by atoms with Gasteiger partial charge in [-0.25, -0.2) is 9.97 Å². The highest BCUT2D eigenvalue weighted by molar-refractivity contribution is 6.30. The molecule has 0 saturated heterocycles. The summed E-state index contributed by atoms with van der Waals surface area (Å²) in [5.41, 5.74) is 3.38. The molecule has 25 heavy (non-hydrogen) atoms. The largest absolute Gasteiger partial charge is 0.325 e. The van der Waals surface area contributed by atoms with Crippen LogP contribution in [0.4, 0.5) is 17.2 Å². The molecule has 0 bridgehead atoms. The van der Waals surface area contributed by atoms with E-state index in [2.05, 4.69) is 32.3 Å². The van der Waals surface area contributed by atoms with Gasteiger partial charge in [0.2, 0.25) is 0 Å². The van der Waals surface area contributed by atoms with Crippen molar-refractivity contribution in [3.05, 3.63) is 77.2 Å². The number of amides is 1. The Hall–Kier alpha value is -2.92. The van der Waals surface area contributed by atoms with Crippen molar-refractivity contribution in [2.75, 3.05) is 16.8 Å². The van der Waals surface area contributed by atoms with E-state index in [-0.39, 0.29) is 11.6 Å². The van der Waals surface area contributed by atoms with Crippen LogP contribution in [0.2, 0.25) is 5.02 Å². The standard InChI is InChI=1S/C19H15ClN4O/c20-14-5-7-15(8-6-14)23-19(25)16-11-22-18(12-21-16)24-10-9-13-3-1-2-4-17(13)24/h1-8,11-12H,9-10H2,(H,23,25). The van der Waals surface area contributed by atoms with E-state index in [1.807, 2.05) is 12.1 Å². The Morgan fingerprint density at radius 2 is 1.84 bits per heavy atom. The minimum atomic E-state index is -0.303. The molecule has 0 atom stereocenters. The average molecular weight is 351 g/mol. The number of nitrogens with zero attached hydrogens (tertiary/aromatic N) is 3.